The first-order valence-electron chi connectivity index (χ1n) is 29.9. The first-order valence-corrected chi connectivity index (χ1v) is 29.9. The summed E-state index contributed by atoms with van der Waals surface area (Å²) in [4.78, 5) is 0. The number of benzene rings is 17. The van der Waals surface area contributed by atoms with Gasteiger partial charge in [0.05, 0.1) is 16.6 Å². The lowest BCUT2D eigenvalue weighted by Crippen LogP contribution is -2.59. The van der Waals surface area contributed by atoms with Gasteiger partial charge in [0.1, 0.15) is 0 Å². The van der Waals surface area contributed by atoms with Crippen molar-refractivity contribution in [3.05, 3.63) is 273 Å². The molecule has 19 aromatic rings. The zero-order chi connectivity index (χ0) is 54.9. The van der Waals surface area contributed by atoms with Crippen LogP contribution in [-0.4, -0.2) is 15.8 Å². The normalized spacial score (nSPS) is 12.9. The van der Waals surface area contributed by atoms with Crippen molar-refractivity contribution in [2.75, 3.05) is 0 Å². The van der Waals surface area contributed by atoms with Gasteiger partial charge in [-0.2, -0.15) is 0 Å². The Morgan fingerprint density at radius 1 is 0.224 bits per heavy atom. The molecule has 17 aromatic carbocycles. The van der Waals surface area contributed by atoms with Crippen LogP contribution >= 0.6 is 0 Å². The third kappa shape index (κ3) is 5.57. The fraction of sp³-hybridized carbons (Fsp3) is 0. The van der Waals surface area contributed by atoms with Gasteiger partial charge in [0.2, 0.25) is 0 Å². The highest BCUT2D eigenvalue weighted by Gasteiger charge is 2.42. The molecule has 0 amide bonds. The standard InChI is InChI=1S/C82H45BN2/c1-5-22-52-46(18-1)40-47-19-2-6-23-53(47)74(52)50-36-38-70-65(42-50)67-43-51(75-54-24-7-3-20-48(54)41-49-21-4-8-25-55(49)75)44-68-81(67)84(70)72-34-17-35-73-80(72)83(68)69-45-66-61-31-12-10-27-57(61)59-29-14-16-33-63(59)77(66)79-78-71(85(73)82(69)79)39-37-64-60-30-11-9-26-56(60)58-28-13-15-32-62(58)76(64)78/h1-45H. The van der Waals surface area contributed by atoms with Gasteiger partial charge in [-0.05, 0) is 184 Å². The number of fused-ring (bicyclic) bond motifs is 28. The molecule has 2 aliphatic heterocycles. The van der Waals surface area contributed by atoms with Crippen molar-refractivity contribution < 1.29 is 0 Å². The largest absolute Gasteiger partial charge is 0.310 e. The molecule has 3 heteroatoms. The Kier molecular flexibility index (Phi) is 8.38. The molecule has 0 atom stereocenters. The van der Waals surface area contributed by atoms with Crippen LogP contribution in [0.5, 0.6) is 0 Å². The molecule has 0 fully saturated rings. The summed E-state index contributed by atoms with van der Waals surface area (Å²) in [5.74, 6) is 0. The fourth-order valence-corrected chi connectivity index (χ4v) is 16.9. The lowest BCUT2D eigenvalue weighted by atomic mass is 9.34. The molecule has 0 unspecified atom stereocenters. The van der Waals surface area contributed by atoms with E-state index >= 15 is 0 Å². The first kappa shape index (κ1) is 44.6. The molecule has 85 heavy (non-hydrogen) atoms. The average molecular weight is 1070 g/mol. The Balaban J connectivity index is 0.984. The predicted octanol–water partition coefficient (Wildman–Crippen LogP) is 19.9. The predicted molar refractivity (Wildman–Crippen MR) is 366 cm³/mol. The third-order valence-electron chi connectivity index (χ3n) is 20.1. The van der Waals surface area contributed by atoms with Crippen LogP contribution in [0.2, 0.25) is 0 Å². The van der Waals surface area contributed by atoms with E-state index in [4.69, 9.17) is 0 Å². The molecule has 386 valence electrons. The summed E-state index contributed by atoms with van der Waals surface area (Å²) >= 11 is 0. The van der Waals surface area contributed by atoms with Crippen molar-refractivity contribution in [3.8, 4) is 33.6 Å². The molecule has 0 saturated carbocycles. The molecule has 0 saturated heterocycles. The van der Waals surface area contributed by atoms with E-state index in [9.17, 15) is 0 Å². The highest BCUT2D eigenvalue weighted by molar-refractivity contribution is 7.00. The van der Waals surface area contributed by atoms with Gasteiger partial charge in [0.25, 0.3) is 6.71 Å². The Morgan fingerprint density at radius 3 is 1.16 bits per heavy atom. The highest BCUT2D eigenvalue weighted by Crippen LogP contribution is 2.51. The van der Waals surface area contributed by atoms with Crippen molar-refractivity contribution in [2.24, 2.45) is 0 Å². The quantitative estimate of drug-likeness (QED) is 0.0928. The van der Waals surface area contributed by atoms with Gasteiger partial charge in [-0.1, -0.05) is 224 Å². The molecule has 2 aromatic heterocycles. The molecule has 0 spiro atoms. The minimum absolute atomic E-state index is 0.119. The van der Waals surface area contributed by atoms with Crippen LogP contribution in [0.1, 0.15) is 0 Å². The molecule has 0 bridgehead atoms. The van der Waals surface area contributed by atoms with Gasteiger partial charge in [-0.15, -0.1) is 0 Å². The van der Waals surface area contributed by atoms with Crippen LogP contribution in [-0.2, 0) is 0 Å². The average Bonchev–Trinajstić information content (AvgIpc) is 1.59. The van der Waals surface area contributed by atoms with Gasteiger partial charge in [-0.3, -0.25) is 0 Å². The summed E-state index contributed by atoms with van der Waals surface area (Å²) in [5.41, 5.74) is 16.5. The van der Waals surface area contributed by atoms with E-state index in [0.29, 0.717) is 0 Å². The van der Waals surface area contributed by atoms with E-state index in [0.717, 1.165) is 0 Å². The second-order valence-corrected chi connectivity index (χ2v) is 24.1. The van der Waals surface area contributed by atoms with Gasteiger partial charge in [0.15, 0.2) is 0 Å². The highest BCUT2D eigenvalue weighted by atomic mass is 15.0. The molecule has 0 N–H and O–H groups in total. The van der Waals surface area contributed by atoms with Crippen LogP contribution in [0.4, 0.5) is 0 Å². The summed E-state index contributed by atoms with van der Waals surface area (Å²) in [6, 6.07) is 105. The molecule has 21 rings (SSSR count). The molecular weight excluding hydrogens is 1020 g/mol. The molecule has 2 aliphatic rings. The number of hydrogen-bond acceptors (Lipinski definition) is 0. The Morgan fingerprint density at radius 2 is 0.624 bits per heavy atom. The van der Waals surface area contributed by atoms with Crippen LogP contribution in [0.3, 0.4) is 0 Å². The van der Waals surface area contributed by atoms with E-state index in [1.807, 2.05) is 0 Å². The van der Waals surface area contributed by atoms with Crippen molar-refractivity contribution in [2.45, 2.75) is 0 Å². The zero-order valence-electron chi connectivity index (χ0n) is 46.0. The van der Waals surface area contributed by atoms with Gasteiger partial charge >= 0.3 is 0 Å². The number of aromatic nitrogens is 2. The summed E-state index contributed by atoms with van der Waals surface area (Å²) in [7, 11) is 0. The van der Waals surface area contributed by atoms with Crippen LogP contribution in [0, 0.1) is 0 Å². The maximum absolute atomic E-state index is 2.70. The Bertz CT molecular complexity index is 6210. The minimum atomic E-state index is -0.119. The fourth-order valence-electron chi connectivity index (χ4n) is 16.9. The van der Waals surface area contributed by atoms with E-state index in [1.54, 1.807) is 0 Å². The maximum atomic E-state index is 2.70. The number of rotatable bonds is 2. The van der Waals surface area contributed by atoms with Crippen LogP contribution in [0.15, 0.2) is 273 Å². The molecule has 4 heterocycles. The monoisotopic (exact) mass is 1070 g/mol. The van der Waals surface area contributed by atoms with Crippen molar-refractivity contribution >= 4 is 174 Å². The smallest absolute Gasteiger partial charge is 0.252 e. The van der Waals surface area contributed by atoms with Gasteiger partial charge < -0.3 is 9.13 Å². The summed E-state index contributed by atoms with van der Waals surface area (Å²) in [5, 5.41) is 30.7. The summed E-state index contributed by atoms with van der Waals surface area (Å²) in [6.45, 7) is -0.119. The molecule has 2 nitrogen and oxygen atoms in total. The van der Waals surface area contributed by atoms with Crippen molar-refractivity contribution in [1.82, 2.24) is 9.13 Å². The number of hydrogen-bond donors (Lipinski definition) is 0. The van der Waals surface area contributed by atoms with E-state index in [2.05, 4.69) is 282 Å². The van der Waals surface area contributed by atoms with Gasteiger partial charge in [0, 0.05) is 49.2 Å². The van der Waals surface area contributed by atoms with Crippen molar-refractivity contribution in [3.63, 3.8) is 0 Å². The summed E-state index contributed by atoms with van der Waals surface area (Å²) in [6.07, 6.45) is 0. The Hall–Kier alpha value is -11.0. The van der Waals surface area contributed by atoms with E-state index < -0.39 is 0 Å². The molecular formula is C82H45BN2. The maximum Gasteiger partial charge on any atom is 0.252 e. The topological polar surface area (TPSA) is 9.86 Å². The first-order chi connectivity index (χ1) is 42.2. The number of nitrogens with zero attached hydrogens (tertiary/aromatic N) is 2. The molecule has 0 radical (unpaired) electrons. The molecule has 0 aliphatic carbocycles. The second kappa shape index (κ2) is 16.0. The van der Waals surface area contributed by atoms with E-state index in [1.165, 1.54) is 201 Å². The van der Waals surface area contributed by atoms with Crippen LogP contribution < -0.4 is 16.4 Å². The van der Waals surface area contributed by atoms with Gasteiger partial charge in [-0.25, -0.2) is 0 Å². The van der Waals surface area contributed by atoms with E-state index in [-0.39, 0.29) is 6.71 Å². The zero-order valence-corrected chi connectivity index (χ0v) is 46.0. The Labute approximate surface area is 487 Å². The minimum Gasteiger partial charge on any atom is -0.310 e. The summed E-state index contributed by atoms with van der Waals surface area (Å²) < 4.78 is 5.35. The lowest BCUT2D eigenvalue weighted by molar-refractivity contribution is 1.14. The van der Waals surface area contributed by atoms with Crippen molar-refractivity contribution in [1.29, 1.82) is 0 Å². The lowest BCUT2D eigenvalue weighted by Gasteiger charge is -2.34. The van der Waals surface area contributed by atoms with Crippen LogP contribution in [0.25, 0.3) is 185 Å². The third-order valence-corrected chi connectivity index (χ3v) is 20.1. The SMILES string of the molecule is c1cc2c3c(c1)-n1c4ccc5c6ccccc6c6ccccc6c5c4c4c5c6ccccc6c6ccccc6c5cc(c41)B3c1cc(-c3c4ccccc4cc4ccccc34)cc3c4cc(-c5c6ccccc6cc6ccccc56)ccc4n-2c13. The second-order valence-electron chi connectivity index (χ2n) is 24.1.